The van der Waals surface area contributed by atoms with E-state index < -0.39 is 12.8 Å². The summed E-state index contributed by atoms with van der Waals surface area (Å²) in [7, 11) is 0. The predicted molar refractivity (Wildman–Crippen MR) is 115 cm³/mol. The molecule has 0 fully saturated rings. The van der Waals surface area contributed by atoms with E-state index in [-0.39, 0.29) is 11.7 Å². The molecule has 5 nitrogen and oxygen atoms in total. The van der Waals surface area contributed by atoms with Gasteiger partial charge in [0.25, 0.3) is 0 Å². The summed E-state index contributed by atoms with van der Waals surface area (Å²) in [6, 6.07) is 12.4. The quantitative estimate of drug-likeness (QED) is 0.425. The van der Waals surface area contributed by atoms with E-state index in [1.165, 1.54) is 17.4 Å². The van der Waals surface area contributed by atoms with Crippen molar-refractivity contribution in [1.82, 2.24) is 15.0 Å². The Bertz CT molecular complexity index is 1240. The van der Waals surface area contributed by atoms with Crippen LogP contribution in [-0.4, -0.2) is 27.7 Å². The monoisotopic (exact) mass is 444 g/mol. The van der Waals surface area contributed by atoms with Crippen molar-refractivity contribution >= 4 is 27.4 Å². The van der Waals surface area contributed by atoms with Crippen molar-refractivity contribution in [2.24, 2.45) is 0 Å². The van der Waals surface area contributed by atoms with E-state index in [1.54, 1.807) is 24.6 Å². The van der Waals surface area contributed by atoms with Gasteiger partial charge in [-0.15, -0.1) is 11.3 Å². The number of alkyl halides is 3. The Morgan fingerprint density at radius 2 is 1.94 bits per heavy atom. The summed E-state index contributed by atoms with van der Waals surface area (Å²) in [5, 5.41) is 0. The van der Waals surface area contributed by atoms with Gasteiger partial charge in [-0.1, -0.05) is 25.1 Å². The standard InChI is InChI=1S/C22H19F3N4OS/c1-12(14-4-3-5-16(8-14)30-10-22(23,24)25)19-20(28-13(2)29-21(19)26)15-6-7-17-18(9-15)31-11-27-17/h3-9,11-12H,10H2,1-2H3,(H2,26,28,29). The molecule has 0 aliphatic carbocycles. The summed E-state index contributed by atoms with van der Waals surface area (Å²) in [5.41, 5.74) is 12.0. The van der Waals surface area contributed by atoms with Crippen LogP contribution in [0.2, 0.25) is 0 Å². The molecular weight excluding hydrogens is 425 g/mol. The average Bonchev–Trinajstić information content (AvgIpc) is 3.19. The summed E-state index contributed by atoms with van der Waals surface area (Å²) in [6.07, 6.45) is -4.40. The second-order valence-electron chi connectivity index (χ2n) is 7.15. The number of rotatable bonds is 5. The molecule has 1 atom stereocenters. The van der Waals surface area contributed by atoms with Gasteiger partial charge >= 0.3 is 6.18 Å². The predicted octanol–water partition coefficient (Wildman–Crippen LogP) is 5.74. The molecule has 0 radical (unpaired) electrons. The lowest BCUT2D eigenvalue weighted by molar-refractivity contribution is -0.153. The van der Waals surface area contributed by atoms with Gasteiger partial charge in [-0.2, -0.15) is 13.2 Å². The number of nitrogens with zero attached hydrogens (tertiary/aromatic N) is 3. The zero-order valence-corrected chi connectivity index (χ0v) is 17.6. The third kappa shape index (κ3) is 4.61. The highest BCUT2D eigenvalue weighted by molar-refractivity contribution is 7.16. The minimum atomic E-state index is -4.40. The van der Waals surface area contributed by atoms with Gasteiger partial charge in [-0.25, -0.2) is 15.0 Å². The van der Waals surface area contributed by atoms with Crippen LogP contribution in [0.5, 0.6) is 5.75 Å². The number of anilines is 1. The van der Waals surface area contributed by atoms with E-state index in [4.69, 9.17) is 10.5 Å². The van der Waals surface area contributed by atoms with Crippen molar-refractivity contribution in [3.63, 3.8) is 0 Å². The van der Waals surface area contributed by atoms with Crippen LogP contribution in [-0.2, 0) is 0 Å². The summed E-state index contributed by atoms with van der Waals surface area (Å²) >= 11 is 1.53. The molecule has 2 N–H and O–H groups in total. The van der Waals surface area contributed by atoms with Crippen molar-refractivity contribution < 1.29 is 17.9 Å². The van der Waals surface area contributed by atoms with Crippen LogP contribution < -0.4 is 10.5 Å². The minimum Gasteiger partial charge on any atom is -0.484 e. The molecule has 0 aliphatic rings. The first-order valence-electron chi connectivity index (χ1n) is 9.48. The van der Waals surface area contributed by atoms with Crippen molar-refractivity contribution in [3.8, 4) is 17.0 Å². The van der Waals surface area contributed by atoms with Crippen LogP contribution in [0.3, 0.4) is 0 Å². The Labute approximate surface area is 180 Å². The molecule has 2 heterocycles. The van der Waals surface area contributed by atoms with E-state index >= 15 is 0 Å². The Hall–Kier alpha value is -3.20. The number of thiazole rings is 1. The number of benzene rings is 2. The second kappa shape index (κ2) is 8.14. The summed E-state index contributed by atoms with van der Waals surface area (Å²) in [4.78, 5) is 13.3. The van der Waals surface area contributed by atoms with Gasteiger partial charge in [0.1, 0.15) is 17.4 Å². The smallest absolute Gasteiger partial charge is 0.422 e. The van der Waals surface area contributed by atoms with Crippen LogP contribution in [0.15, 0.2) is 48.0 Å². The van der Waals surface area contributed by atoms with E-state index in [0.29, 0.717) is 22.9 Å². The van der Waals surface area contributed by atoms with Gasteiger partial charge in [-0.05, 0) is 36.8 Å². The highest BCUT2D eigenvalue weighted by Gasteiger charge is 2.28. The minimum absolute atomic E-state index is 0.140. The highest BCUT2D eigenvalue weighted by atomic mass is 32.1. The van der Waals surface area contributed by atoms with Gasteiger partial charge in [0.15, 0.2) is 6.61 Å². The molecule has 0 saturated carbocycles. The van der Waals surface area contributed by atoms with Crippen molar-refractivity contribution in [2.75, 3.05) is 12.3 Å². The summed E-state index contributed by atoms with van der Waals surface area (Å²) in [6.45, 7) is 2.34. The van der Waals surface area contributed by atoms with Gasteiger partial charge in [0.2, 0.25) is 0 Å². The number of ether oxygens (including phenoxy) is 1. The molecule has 2 aromatic heterocycles. The van der Waals surface area contributed by atoms with Gasteiger partial charge in [0, 0.05) is 17.0 Å². The first kappa shape index (κ1) is 21.0. The largest absolute Gasteiger partial charge is 0.484 e. The molecule has 0 aliphatic heterocycles. The molecule has 0 spiro atoms. The lowest BCUT2D eigenvalue weighted by atomic mass is 9.90. The molecule has 31 heavy (non-hydrogen) atoms. The lowest BCUT2D eigenvalue weighted by Gasteiger charge is -2.19. The molecule has 0 bridgehead atoms. The Morgan fingerprint density at radius 3 is 2.71 bits per heavy atom. The van der Waals surface area contributed by atoms with Crippen molar-refractivity contribution in [2.45, 2.75) is 25.9 Å². The number of aromatic nitrogens is 3. The maximum atomic E-state index is 12.5. The second-order valence-corrected chi connectivity index (χ2v) is 8.04. The van der Waals surface area contributed by atoms with Crippen LogP contribution in [0, 0.1) is 6.92 Å². The molecular formula is C22H19F3N4OS. The third-order valence-electron chi connectivity index (χ3n) is 4.89. The molecule has 0 amide bonds. The number of nitrogen functional groups attached to an aromatic ring is 1. The van der Waals surface area contributed by atoms with E-state index in [1.807, 2.05) is 31.2 Å². The highest BCUT2D eigenvalue weighted by Crippen LogP contribution is 2.37. The van der Waals surface area contributed by atoms with Crippen LogP contribution in [0.25, 0.3) is 21.5 Å². The molecule has 0 saturated heterocycles. The Morgan fingerprint density at radius 1 is 1.13 bits per heavy atom. The number of halogens is 3. The van der Waals surface area contributed by atoms with Crippen LogP contribution in [0.4, 0.5) is 19.0 Å². The maximum Gasteiger partial charge on any atom is 0.422 e. The fourth-order valence-corrected chi connectivity index (χ4v) is 4.17. The Kier molecular flexibility index (Phi) is 5.53. The van der Waals surface area contributed by atoms with Crippen molar-refractivity contribution in [3.05, 3.63) is 64.9 Å². The topological polar surface area (TPSA) is 73.9 Å². The number of aryl methyl sites for hydroxylation is 1. The summed E-state index contributed by atoms with van der Waals surface area (Å²) < 4.78 is 43.5. The zero-order valence-electron chi connectivity index (χ0n) is 16.8. The van der Waals surface area contributed by atoms with E-state index in [0.717, 1.165) is 21.3 Å². The third-order valence-corrected chi connectivity index (χ3v) is 5.68. The maximum absolute atomic E-state index is 12.5. The molecule has 1 unspecified atom stereocenters. The van der Waals surface area contributed by atoms with Crippen molar-refractivity contribution in [1.29, 1.82) is 0 Å². The van der Waals surface area contributed by atoms with E-state index in [9.17, 15) is 13.2 Å². The van der Waals surface area contributed by atoms with E-state index in [2.05, 4.69) is 15.0 Å². The SMILES string of the molecule is Cc1nc(N)c(C(C)c2cccc(OCC(F)(F)F)c2)c(-c2ccc3ncsc3c2)n1. The van der Waals surface area contributed by atoms with Gasteiger partial charge in [-0.3, -0.25) is 0 Å². The average molecular weight is 444 g/mol. The Balaban J connectivity index is 1.75. The number of hydrogen-bond donors (Lipinski definition) is 1. The fraction of sp³-hybridized carbons (Fsp3) is 0.227. The summed E-state index contributed by atoms with van der Waals surface area (Å²) in [5.74, 6) is 0.735. The normalized spacial score (nSPS) is 12.8. The molecule has 4 aromatic rings. The fourth-order valence-electron chi connectivity index (χ4n) is 3.46. The number of nitrogens with two attached hydrogens (primary N) is 1. The molecule has 2 aromatic carbocycles. The van der Waals surface area contributed by atoms with Gasteiger partial charge < -0.3 is 10.5 Å². The molecule has 160 valence electrons. The van der Waals surface area contributed by atoms with Gasteiger partial charge in [0.05, 0.1) is 21.4 Å². The first-order chi connectivity index (χ1) is 14.7. The molecule has 4 rings (SSSR count). The van der Waals surface area contributed by atoms with Crippen LogP contribution >= 0.6 is 11.3 Å². The van der Waals surface area contributed by atoms with Crippen LogP contribution in [0.1, 0.15) is 29.8 Å². The lowest BCUT2D eigenvalue weighted by Crippen LogP contribution is -2.19. The number of fused-ring (bicyclic) bond motifs is 1. The number of hydrogen-bond acceptors (Lipinski definition) is 6. The first-order valence-corrected chi connectivity index (χ1v) is 10.4. The molecule has 9 heteroatoms. The zero-order chi connectivity index (χ0) is 22.2.